The molecule has 0 saturated carbocycles. The van der Waals surface area contributed by atoms with Crippen molar-refractivity contribution >= 4 is 16.7 Å². The highest BCUT2D eigenvalue weighted by Crippen LogP contribution is 2.31. The number of fused-ring (bicyclic) bond motifs is 1. The van der Waals surface area contributed by atoms with Crippen molar-refractivity contribution in [1.29, 1.82) is 0 Å². The summed E-state index contributed by atoms with van der Waals surface area (Å²) in [5, 5.41) is 0. The van der Waals surface area contributed by atoms with Gasteiger partial charge in [0, 0.05) is 52.5 Å². The zero-order valence-corrected chi connectivity index (χ0v) is 26.1. The number of aryl methyl sites for hydroxylation is 1. The molecule has 1 aliphatic rings. The molecule has 45 heavy (non-hydrogen) atoms. The standard InChI is InChI=1S/C36H40N4O5/c1-38-32-23-29(39-20-18-26(19-21-39)22-34(42-2)43-3)14-15-30(32)40(36(38)41)31-16-17-33(44-24-27-10-6-4-7-11-27)37-35(31)45-25-28-12-8-5-9-13-28/h4-17,23,26,34H,18-22,24-25H2,1-3H3. The van der Waals surface area contributed by atoms with Crippen molar-refractivity contribution in [2.45, 2.75) is 38.8 Å². The lowest BCUT2D eigenvalue weighted by Crippen LogP contribution is -2.35. The summed E-state index contributed by atoms with van der Waals surface area (Å²) in [5.41, 5.74) is 5.16. The van der Waals surface area contributed by atoms with Crippen LogP contribution in [0, 0.1) is 5.92 Å². The first kappa shape index (κ1) is 30.4. The highest BCUT2D eigenvalue weighted by molar-refractivity contribution is 5.82. The van der Waals surface area contributed by atoms with E-state index in [2.05, 4.69) is 17.0 Å². The lowest BCUT2D eigenvalue weighted by Gasteiger charge is -2.34. The molecule has 0 atom stereocenters. The Kier molecular flexibility index (Phi) is 9.47. The largest absolute Gasteiger partial charge is 0.473 e. The second-order valence-electron chi connectivity index (χ2n) is 11.4. The molecular formula is C36H40N4O5. The van der Waals surface area contributed by atoms with Crippen LogP contribution in [0.5, 0.6) is 11.8 Å². The van der Waals surface area contributed by atoms with Crippen molar-refractivity contribution < 1.29 is 18.9 Å². The number of benzene rings is 3. The van der Waals surface area contributed by atoms with Gasteiger partial charge in [0.25, 0.3) is 0 Å². The van der Waals surface area contributed by atoms with Crippen molar-refractivity contribution in [2.75, 3.05) is 32.2 Å². The molecule has 0 unspecified atom stereocenters. The van der Waals surface area contributed by atoms with Gasteiger partial charge in [-0.15, -0.1) is 0 Å². The number of piperidine rings is 1. The van der Waals surface area contributed by atoms with Gasteiger partial charge in [0.1, 0.15) is 18.9 Å². The summed E-state index contributed by atoms with van der Waals surface area (Å²) < 4.78 is 26.5. The molecular weight excluding hydrogens is 568 g/mol. The van der Waals surface area contributed by atoms with Crippen LogP contribution >= 0.6 is 0 Å². The number of rotatable bonds is 12. The Morgan fingerprint density at radius 1 is 0.800 bits per heavy atom. The Morgan fingerprint density at radius 3 is 2.09 bits per heavy atom. The van der Waals surface area contributed by atoms with Crippen LogP contribution < -0.4 is 20.1 Å². The molecule has 9 nitrogen and oxygen atoms in total. The summed E-state index contributed by atoms with van der Waals surface area (Å²) in [6.45, 7) is 2.56. The predicted octanol–water partition coefficient (Wildman–Crippen LogP) is 6.11. The molecule has 0 spiro atoms. The van der Waals surface area contributed by atoms with Crippen LogP contribution in [-0.2, 0) is 29.7 Å². The average molecular weight is 609 g/mol. The molecule has 0 radical (unpaired) electrons. The number of ether oxygens (including phenoxy) is 4. The monoisotopic (exact) mass is 608 g/mol. The molecule has 1 fully saturated rings. The molecule has 5 aromatic rings. The number of anilines is 1. The van der Waals surface area contributed by atoms with Gasteiger partial charge in [-0.25, -0.2) is 4.79 Å². The minimum Gasteiger partial charge on any atom is -0.473 e. The van der Waals surface area contributed by atoms with E-state index in [9.17, 15) is 4.79 Å². The van der Waals surface area contributed by atoms with Crippen molar-refractivity contribution in [3.63, 3.8) is 0 Å². The minimum absolute atomic E-state index is 0.160. The summed E-state index contributed by atoms with van der Waals surface area (Å²) >= 11 is 0. The first-order chi connectivity index (χ1) is 22.0. The van der Waals surface area contributed by atoms with Gasteiger partial charge >= 0.3 is 5.69 Å². The highest BCUT2D eigenvalue weighted by Gasteiger charge is 2.24. The molecule has 1 aliphatic heterocycles. The Hall–Kier alpha value is -4.60. The first-order valence-corrected chi connectivity index (χ1v) is 15.4. The van der Waals surface area contributed by atoms with Crippen LogP contribution in [-0.4, -0.2) is 47.7 Å². The van der Waals surface area contributed by atoms with E-state index in [-0.39, 0.29) is 12.0 Å². The molecule has 0 N–H and O–H groups in total. The molecule has 3 heterocycles. The summed E-state index contributed by atoms with van der Waals surface area (Å²) in [6, 6.07) is 29.7. The van der Waals surface area contributed by atoms with Gasteiger partial charge in [0.2, 0.25) is 11.8 Å². The molecule has 6 rings (SSSR count). The quantitative estimate of drug-likeness (QED) is 0.158. The fourth-order valence-electron chi connectivity index (χ4n) is 5.97. The smallest absolute Gasteiger partial charge is 0.333 e. The SMILES string of the molecule is COC(CC1CCN(c2ccc3c(c2)n(C)c(=O)n3-c2ccc(OCc3ccccc3)nc2OCc2ccccc2)CC1)OC. The number of imidazole rings is 1. The van der Waals surface area contributed by atoms with Crippen molar-refractivity contribution in [3.8, 4) is 17.4 Å². The molecule has 0 bridgehead atoms. The van der Waals surface area contributed by atoms with E-state index >= 15 is 0 Å². The maximum atomic E-state index is 13.8. The Morgan fingerprint density at radius 2 is 1.44 bits per heavy atom. The van der Waals surface area contributed by atoms with Crippen LogP contribution in [0.25, 0.3) is 16.7 Å². The second-order valence-corrected chi connectivity index (χ2v) is 11.4. The predicted molar refractivity (Wildman–Crippen MR) is 175 cm³/mol. The second kappa shape index (κ2) is 14.0. The summed E-state index contributed by atoms with van der Waals surface area (Å²) in [4.78, 5) is 20.9. The zero-order valence-electron chi connectivity index (χ0n) is 26.1. The number of pyridine rings is 1. The fourth-order valence-corrected chi connectivity index (χ4v) is 5.97. The molecule has 0 amide bonds. The minimum atomic E-state index is -0.171. The van der Waals surface area contributed by atoms with Gasteiger partial charge in [-0.1, -0.05) is 60.7 Å². The van der Waals surface area contributed by atoms with Crippen LogP contribution in [0.1, 0.15) is 30.4 Å². The Balaban J connectivity index is 1.28. The van der Waals surface area contributed by atoms with Crippen LogP contribution in [0.4, 0.5) is 5.69 Å². The maximum absolute atomic E-state index is 13.8. The number of nitrogens with zero attached hydrogens (tertiary/aromatic N) is 4. The lowest BCUT2D eigenvalue weighted by molar-refractivity contribution is -0.115. The van der Waals surface area contributed by atoms with Gasteiger partial charge in [-0.2, -0.15) is 4.98 Å². The van der Waals surface area contributed by atoms with Crippen LogP contribution in [0.2, 0.25) is 0 Å². The Bertz CT molecular complexity index is 1760. The highest BCUT2D eigenvalue weighted by atomic mass is 16.7. The summed E-state index contributed by atoms with van der Waals surface area (Å²) in [7, 11) is 5.19. The van der Waals surface area contributed by atoms with Crippen LogP contribution in [0.15, 0.2) is 95.8 Å². The van der Waals surface area contributed by atoms with E-state index in [0.29, 0.717) is 36.6 Å². The van der Waals surface area contributed by atoms with E-state index < -0.39 is 0 Å². The fraction of sp³-hybridized carbons (Fsp3) is 0.333. The number of methoxy groups -OCH3 is 2. The zero-order chi connectivity index (χ0) is 31.2. The topological polar surface area (TPSA) is 80.0 Å². The number of hydrogen-bond donors (Lipinski definition) is 0. The molecule has 2 aromatic heterocycles. The third-order valence-electron chi connectivity index (χ3n) is 8.57. The van der Waals surface area contributed by atoms with Gasteiger partial charge < -0.3 is 23.8 Å². The lowest BCUT2D eigenvalue weighted by atomic mass is 9.93. The third-order valence-corrected chi connectivity index (χ3v) is 8.57. The Labute approximate surface area is 263 Å². The van der Waals surface area contributed by atoms with Crippen LogP contribution in [0.3, 0.4) is 0 Å². The van der Waals surface area contributed by atoms with E-state index in [4.69, 9.17) is 23.9 Å². The third kappa shape index (κ3) is 6.90. The summed E-state index contributed by atoms with van der Waals surface area (Å²) in [5.74, 6) is 1.31. The maximum Gasteiger partial charge on any atom is 0.333 e. The van der Waals surface area contributed by atoms with Crippen molar-refractivity contribution in [3.05, 3.63) is 113 Å². The van der Waals surface area contributed by atoms with E-state index in [1.165, 1.54) is 0 Å². The van der Waals surface area contributed by atoms with Gasteiger partial charge in [-0.05, 0) is 54.2 Å². The van der Waals surface area contributed by atoms with Gasteiger partial charge in [0.15, 0.2) is 6.29 Å². The first-order valence-electron chi connectivity index (χ1n) is 15.4. The molecule has 3 aromatic carbocycles. The molecule has 234 valence electrons. The van der Waals surface area contributed by atoms with Gasteiger partial charge in [-0.3, -0.25) is 9.13 Å². The number of hydrogen-bond acceptors (Lipinski definition) is 7. The number of aromatic nitrogens is 3. The van der Waals surface area contributed by atoms with E-state index in [0.717, 1.165) is 60.2 Å². The van der Waals surface area contributed by atoms with Crippen molar-refractivity contribution in [2.24, 2.45) is 13.0 Å². The molecule has 0 aliphatic carbocycles. The normalized spacial score (nSPS) is 13.9. The average Bonchev–Trinajstić information content (AvgIpc) is 3.34. The molecule has 9 heteroatoms. The van der Waals surface area contributed by atoms with Gasteiger partial charge in [0.05, 0.1) is 11.0 Å². The summed E-state index contributed by atoms with van der Waals surface area (Å²) in [6.07, 6.45) is 2.87. The van der Waals surface area contributed by atoms with Crippen molar-refractivity contribution in [1.82, 2.24) is 14.1 Å². The van der Waals surface area contributed by atoms with E-state index in [1.807, 2.05) is 79.8 Å². The van der Waals surface area contributed by atoms with E-state index in [1.54, 1.807) is 29.4 Å². The molecule has 1 saturated heterocycles.